The summed E-state index contributed by atoms with van der Waals surface area (Å²) in [6, 6.07) is 0.625. The molecule has 0 fully saturated rings. The molecular formula is C9H17FSi. The van der Waals surface area contributed by atoms with Crippen molar-refractivity contribution in [3.63, 3.8) is 0 Å². The van der Waals surface area contributed by atoms with Crippen LogP contribution < -0.4 is 0 Å². The van der Waals surface area contributed by atoms with Crippen molar-refractivity contribution >= 4 is 8.07 Å². The zero-order valence-electron chi connectivity index (χ0n) is 7.87. The van der Waals surface area contributed by atoms with Gasteiger partial charge in [0.2, 0.25) is 0 Å². The first-order valence-electron chi connectivity index (χ1n) is 3.83. The van der Waals surface area contributed by atoms with Crippen molar-refractivity contribution in [2.75, 3.05) is 0 Å². The molecule has 0 aromatic rings. The topological polar surface area (TPSA) is 0 Å². The fraction of sp³-hybridized carbons (Fsp3) is 0.556. The first-order valence-corrected chi connectivity index (χ1v) is 7.53. The number of halogens is 1. The minimum atomic E-state index is -1.27. The molecule has 0 heterocycles. The van der Waals surface area contributed by atoms with E-state index in [1.165, 1.54) is 6.08 Å². The average Bonchev–Trinajstić information content (AvgIpc) is 1.53. The highest BCUT2D eigenvalue weighted by atomic mass is 28.3. The standard InChI is InChI=1S/C9H17FSi/c1-8(2)6-9(10)7-11(3,4)5/h6H,1,7H2,2-5H3/b9-6+. The largest absolute Gasteiger partial charge is 0.212 e. The van der Waals surface area contributed by atoms with Crippen LogP contribution in [0.25, 0.3) is 0 Å². The smallest absolute Gasteiger partial charge is 0.0975 e. The fourth-order valence-electron chi connectivity index (χ4n) is 0.825. The molecule has 0 amide bonds. The van der Waals surface area contributed by atoms with E-state index in [0.717, 1.165) is 5.57 Å². The van der Waals surface area contributed by atoms with Gasteiger partial charge in [0.25, 0.3) is 0 Å². The maximum Gasteiger partial charge on any atom is 0.0975 e. The molecule has 0 aliphatic rings. The second-order valence-corrected chi connectivity index (χ2v) is 9.65. The zero-order chi connectivity index (χ0) is 9.07. The van der Waals surface area contributed by atoms with Crippen molar-refractivity contribution in [1.29, 1.82) is 0 Å². The Morgan fingerprint density at radius 1 is 1.45 bits per heavy atom. The average molecular weight is 172 g/mol. The number of hydrogen-bond acceptors (Lipinski definition) is 0. The summed E-state index contributed by atoms with van der Waals surface area (Å²) >= 11 is 0. The fourth-order valence-corrected chi connectivity index (χ4v) is 1.94. The van der Waals surface area contributed by atoms with Crippen LogP contribution in [-0.2, 0) is 0 Å². The summed E-state index contributed by atoms with van der Waals surface area (Å²) in [6.07, 6.45) is 1.53. The van der Waals surface area contributed by atoms with Crippen LogP contribution >= 0.6 is 0 Å². The van der Waals surface area contributed by atoms with Crippen molar-refractivity contribution in [3.8, 4) is 0 Å². The third-order valence-corrected chi connectivity index (χ3v) is 2.50. The van der Waals surface area contributed by atoms with E-state index in [2.05, 4.69) is 26.2 Å². The highest BCUT2D eigenvalue weighted by Gasteiger charge is 2.14. The van der Waals surface area contributed by atoms with E-state index < -0.39 is 8.07 Å². The predicted molar refractivity (Wildman–Crippen MR) is 52.2 cm³/mol. The van der Waals surface area contributed by atoms with Gasteiger partial charge in [-0.05, 0) is 19.0 Å². The van der Waals surface area contributed by atoms with Gasteiger partial charge in [-0.3, -0.25) is 0 Å². The molecule has 11 heavy (non-hydrogen) atoms. The van der Waals surface area contributed by atoms with Gasteiger partial charge in [0.15, 0.2) is 0 Å². The van der Waals surface area contributed by atoms with Crippen molar-refractivity contribution in [1.82, 2.24) is 0 Å². The predicted octanol–water partition coefficient (Wildman–Crippen LogP) is 3.75. The third kappa shape index (κ3) is 7.52. The van der Waals surface area contributed by atoms with E-state index in [0.29, 0.717) is 6.04 Å². The quantitative estimate of drug-likeness (QED) is 0.449. The second-order valence-electron chi connectivity index (χ2n) is 4.17. The molecule has 0 saturated heterocycles. The summed E-state index contributed by atoms with van der Waals surface area (Å²) in [7, 11) is -1.27. The van der Waals surface area contributed by atoms with Crippen LogP contribution in [-0.4, -0.2) is 8.07 Å². The Kier molecular flexibility index (Phi) is 3.73. The Hall–Kier alpha value is -0.373. The third-order valence-electron chi connectivity index (χ3n) is 1.10. The molecule has 2 heteroatoms. The van der Waals surface area contributed by atoms with Crippen LogP contribution in [0.2, 0.25) is 25.7 Å². The maximum atomic E-state index is 13.0. The van der Waals surface area contributed by atoms with Gasteiger partial charge in [-0.15, -0.1) is 0 Å². The van der Waals surface area contributed by atoms with E-state index in [9.17, 15) is 4.39 Å². The molecule has 0 rings (SSSR count). The first kappa shape index (κ1) is 10.6. The Labute approximate surface area is 69.8 Å². The van der Waals surface area contributed by atoms with Crippen LogP contribution in [0, 0.1) is 0 Å². The van der Waals surface area contributed by atoms with Gasteiger partial charge >= 0.3 is 0 Å². The Balaban J connectivity index is 4.07. The van der Waals surface area contributed by atoms with Crippen molar-refractivity contribution in [2.24, 2.45) is 0 Å². The molecule has 0 unspecified atom stereocenters. The number of allylic oxidation sites excluding steroid dienone is 3. The van der Waals surface area contributed by atoms with Gasteiger partial charge in [-0.25, -0.2) is 4.39 Å². The van der Waals surface area contributed by atoms with Gasteiger partial charge in [0.05, 0.1) is 13.9 Å². The summed E-state index contributed by atoms with van der Waals surface area (Å²) in [5, 5.41) is 0. The summed E-state index contributed by atoms with van der Waals surface area (Å²) in [5.74, 6) is -0.0170. The van der Waals surface area contributed by atoms with Crippen LogP contribution in [0.5, 0.6) is 0 Å². The highest BCUT2D eigenvalue weighted by molar-refractivity contribution is 6.76. The lowest BCUT2D eigenvalue weighted by atomic mass is 10.3. The molecule has 0 radical (unpaired) electrons. The molecule has 64 valence electrons. The molecular weight excluding hydrogens is 155 g/mol. The molecule has 0 aliphatic carbocycles. The Bertz CT molecular complexity index is 174. The molecule has 0 aromatic carbocycles. The molecule has 0 nitrogen and oxygen atoms in total. The molecule has 0 atom stereocenters. The Morgan fingerprint density at radius 2 is 1.91 bits per heavy atom. The van der Waals surface area contributed by atoms with Gasteiger partial charge in [0, 0.05) is 0 Å². The summed E-state index contributed by atoms with van der Waals surface area (Å²) < 4.78 is 13.0. The zero-order valence-corrected chi connectivity index (χ0v) is 8.87. The lowest BCUT2D eigenvalue weighted by Gasteiger charge is -2.13. The van der Waals surface area contributed by atoms with Gasteiger partial charge in [0.1, 0.15) is 0 Å². The van der Waals surface area contributed by atoms with Crippen LogP contribution in [0.15, 0.2) is 24.1 Å². The van der Waals surface area contributed by atoms with Crippen LogP contribution in [0.4, 0.5) is 4.39 Å². The van der Waals surface area contributed by atoms with Crippen molar-refractivity contribution in [2.45, 2.75) is 32.6 Å². The molecule has 0 bridgehead atoms. The van der Waals surface area contributed by atoms with Crippen molar-refractivity contribution < 1.29 is 4.39 Å². The minimum absolute atomic E-state index is 0.0170. The van der Waals surface area contributed by atoms with E-state index in [1.807, 2.05) is 6.92 Å². The molecule has 0 spiro atoms. The van der Waals surface area contributed by atoms with Crippen molar-refractivity contribution in [3.05, 3.63) is 24.1 Å². The summed E-state index contributed by atoms with van der Waals surface area (Å²) in [5.41, 5.74) is 0.792. The van der Waals surface area contributed by atoms with Crippen LogP contribution in [0.3, 0.4) is 0 Å². The minimum Gasteiger partial charge on any atom is -0.212 e. The van der Waals surface area contributed by atoms with E-state index in [1.54, 1.807) is 0 Å². The normalized spacial score (nSPS) is 13.4. The lowest BCUT2D eigenvalue weighted by molar-refractivity contribution is 0.635. The van der Waals surface area contributed by atoms with E-state index in [-0.39, 0.29) is 5.83 Å². The summed E-state index contributed by atoms with van der Waals surface area (Å²) in [4.78, 5) is 0. The molecule has 0 aliphatic heterocycles. The molecule has 0 saturated carbocycles. The maximum absolute atomic E-state index is 13.0. The van der Waals surface area contributed by atoms with Gasteiger partial charge in [-0.1, -0.05) is 31.8 Å². The highest BCUT2D eigenvalue weighted by Crippen LogP contribution is 2.17. The monoisotopic (exact) mass is 172 g/mol. The van der Waals surface area contributed by atoms with Gasteiger partial charge in [-0.2, -0.15) is 0 Å². The summed E-state index contributed by atoms with van der Waals surface area (Å²) in [6.45, 7) is 11.9. The molecule has 0 N–H and O–H groups in total. The first-order chi connectivity index (χ1) is 4.81. The number of rotatable bonds is 3. The van der Waals surface area contributed by atoms with Gasteiger partial charge < -0.3 is 0 Å². The lowest BCUT2D eigenvalue weighted by Crippen LogP contribution is -2.18. The SMILES string of the molecule is C=C(C)/C=C(/F)C[Si](C)(C)C. The van der Waals surface area contributed by atoms with E-state index in [4.69, 9.17) is 0 Å². The Morgan fingerprint density at radius 3 is 2.18 bits per heavy atom. The second kappa shape index (κ2) is 3.86. The van der Waals surface area contributed by atoms with Crippen LogP contribution in [0.1, 0.15) is 6.92 Å². The number of hydrogen-bond donors (Lipinski definition) is 0. The molecule has 0 aromatic heterocycles. The van der Waals surface area contributed by atoms with E-state index >= 15 is 0 Å².